The molecule has 134 valence electrons. The Morgan fingerprint density at radius 3 is 2.84 bits per heavy atom. The van der Waals surface area contributed by atoms with Crippen LogP contribution in [0, 0.1) is 0 Å². The summed E-state index contributed by atoms with van der Waals surface area (Å²) in [5.74, 6) is 2.68. The van der Waals surface area contributed by atoms with Gasteiger partial charge in [-0.3, -0.25) is 0 Å². The highest BCUT2D eigenvalue weighted by molar-refractivity contribution is 5.47. The van der Waals surface area contributed by atoms with E-state index in [1.165, 1.54) is 19.4 Å². The van der Waals surface area contributed by atoms with Gasteiger partial charge in [0.2, 0.25) is 11.7 Å². The van der Waals surface area contributed by atoms with Crippen LogP contribution in [0.5, 0.6) is 5.75 Å². The first-order chi connectivity index (χ1) is 12.3. The van der Waals surface area contributed by atoms with E-state index >= 15 is 0 Å². The summed E-state index contributed by atoms with van der Waals surface area (Å²) in [5.41, 5.74) is 1.14. The molecule has 6 nitrogen and oxygen atoms in total. The largest absolute Gasteiger partial charge is 0.485 e. The molecule has 2 heterocycles. The molecule has 2 fully saturated rings. The number of rotatable bonds is 7. The number of anilines is 1. The predicted molar refractivity (Wildman–Crippen MR) is 95.8 cm³/mol. The molecule has 1 aliphatic carbocycles. The van der Waals surface area contributed by atoms with Crippen LogP contribution in [0.4, 0.5) is 5.69 Å². The van der Waals surface area contributed by atoms with E-state index in [9.17, 15) is 0 Å². The number of nitrogens with one attached hydrogen (secondary N) is 1. The number of piperidine rings is 1. The second-order valence-corrected chi connectivity index (χ2v) is 7.01. The van der Waals surface area contributed by atoms with Crippen LogP contribution in [0.2, 0.25) is 0 Å². The van der Waals surface area contributed by atoms with Crippen molar-refractivity contribution in [3.8, 4) is 5.75 Å². The Balaban J connectivity index is 1.27. The van der Waals surface area contributed by atoms with Crippen molar-refractivity contribution in [1.82, 2.24) is 15.0 Å². The summed E-state index contributed by atoms with van der Waals surface area (Å²) in [7, 11) is 0. The van der Waals surface area contributed by atoms with Crippen molar-refractivity contribution in [3.05, 3.63) is 36.0 Å². The minimum Gasteiger partial charge on any atom is -0.485 e. The smallest absolute Gasteiger partial charge is 0.229 e. The summed E-state index contributed by atoms with van der Waals surface area (Å²) < 4.78 is 11.0. The maximum Gasteiger partial charge on any atom is 0.229 e. The number of likely N-dealkylation sites (tertiary alicyclic amines) is 1. The molecule has 6 heteroatoms. The van der Waals surface area contributed by atoms with Crippen molar-refractivity contribution in [3.63, 3.8) is 0 Å². The molecule has 0 bridgehead atoms. The molecule has 1 unspecified atom stereocenters. The zero-order valence-electron chi connectivity index (χ0n) is 14.8. The van der Waals surface area contributed by atoms with Crippen molar-refractivity contribution in [2.45, 2.75) is 51.2 Å². The van der Waals surface area contributed by atoms with Crippen LogP contribution in [0.3, 0.4) is 0 Å². The highest BCUT2D eigenvalue weighted by Crippen LogP contribution is 2.38. The van der Waals surface area contributed by atoms with Gasteiger partial charge in [-0.15, -0.1) is 0 Å². The van der Waals surface area contributed by atoms with E-state index < -0.39 is 0 Å². The van der Waals surface area contributed by atoms with Gasteiger partial charge in [0.15, 0.2) is 6.61 Å². The van der Waals surface area contributed by atoms with E-state index in [4.69, 9.17) is 9.26 Å². The molecule has 2 aromatic rings. The fraction of sp³-hybridized carbons (Fsp3) is 0.579. The van der Waals surface area contributed by atoms with Crippen LogP contribution >= 0.6 is 0 Å². The molecule has 25 heavy (non-hydrogen) atoms. The van der Waals surface area contributed by atoms with Gasteiger partial charge in [0, 0.05) is 24.2 Å². The molecule has 1 saturated carbocycles. The normalized spacial score (nSPS) is 21.2. The van der Waals surface area contributed by atoms with Crippen molar-refractivity contribution < 1.29 is 9.26 Å². The molecule has 0 radical (unpaired) electrons. The minimum absolute atomic E-state index is 0.344. The number of aromatic nitrogens is 2. The lowest BCUT2D eigenvalue weighted by atomic mass is 10.1. The zero-order valence-corrected chi connectivity index (χ0v) is 14.8. The minimum atomic E-state index is 0.344. The van der Waals surface area contributed by atoms with E-state index in [1.54, 1.807) is 0 Å². The van der Waals surface area contributed by atoms with Gasteiger partial charge in [-0.2, -0.15) is 4.98 Å². The second-order valence-electron chi connectivity index (χ2n) is 7.01. The summed E-state index contributed by atoms with van der Waals surface area (Å²) in [6, 6.07) is 8.66. The number of nitrogens with zero attached hydrogens (tertiary/aromatic N) is 3. The van der Waals surface area contributed by atoms with Crippen molar-refractivity contribution in [1.29, 1.82) is 0 Å². The molecule has 0 amide bonds. The Hall–Kier alpha value is -2.08. The fourth-order valence-corrected chi connectivity index (χ4v) is 3.31. The average Bonchev–Trinajstić information content (AvgIpc) is 3.40. The van der Waals surface area contributed by atoms with Gasteiger partial charge in [-0.25, -0.2) is 0 Å². The summed E-state index contributed by atoms with van der Waals surface area (Å²) in [6.07, 6.45) is 4.82. The van der Waals surface area contributed by atoms with E-state index in [0.717, 1.165) is 43.3 Å². The lowest BCUT2D eigenvalue weighted by Crippen LogP contribution is -2.41. The molecule has 1 aliphatic heterocycles. The van der Waals surface area contributed by atoms with Crippen molar-refractivity contribution in [2.75, 3.05) is 25.0 Å². The number of likely N-dealkylation sites (N-methyl/N-ethyl adjacent to an activating group) is 1. The molecular formula is C19H26N4O2. The molecule has 1 saturated heterocycles. The quantitative estimate of drug-likeness (QED) is 0.832. The highest BCUT2D eigenvalue weighted by Gasteiger charge is 2.29. The molecule has 4 rings (SSSR count). The van der Waals surface area contributed by atoms with E-state index in [0.29, 0.717) is 24.4 Å². The first kappa shape index (κ1) is 16.4. The molecule has 1 atom stereocenters. The summed E-state index contributed by atoms with van der Waals surface area (Å²) >= 11 is 0. The van der Waals surface area contributed by atoms with E-state index in [-0.39, 0.29) is 0 Å². The lowest BCUT2D eigenvalue weighted by molar-refractivity contribution is 0.227. The molecule has 2 aliphatic rings. The van der Waals surface area contributed by atoms with Crippen LogP contribution < -0.4 is 10.1 Å². The number of hydrogen-bond donors (Lipinski definition) is 1. The van der Waals surface area contributed by atoms with Gasteiger partial charge < -0.3 is 19.5 Å². The van der Waals surface area contributed by atoms with Gasteiger partial charge in [0.05, 0.1) is 0 Å². The Morgan fingerprint density at radius 2 is 2.08 bits per heavy atom. The predicted octanol–water partition coefficient (Wildman–Crippen LogP) is 3.42. The summed E-state index contributed by atoms with van der Waals surface area (Å²) in [4.78, 5) is 6.88. The summed E-state index contributed by atoms with van der Waals surface area (Å²) in [5, 5.41) is 7.61. The fourth-order valence-electron chi connectivity index (χ4n) is 3.31. The van der Waals surface area contributed by atoms with Gasteiger partial charge in [0.1, 0.15) is 5.75 Å². The highest BCUT2D eigenvalue weighted by atomic mass is 16.5. The number of benzene rings is 1. The third-order valence-corrected chi connectivity index (χ3v) is 4.96. The number of hydrogen-bond acceptors (Lipinski definition) is 6. The third-order valence-electron chi connectivity index (χ3n) is 4.96. The van der Waals surface area contributed by atoms with Crippen LogP contribution in [0.1, 0.15) is 50.2 Å². The SMILES string of the molecule is CCN1CCCC(Nc2ccc(OCc3noc(C4CC4)n3)cc2)C1. The molecule has 0 spiro atoms. The maximum absolute atomic E-state index is 5.76. The third kappa shape index (κ3) is 4.31. The topological polar surface area (TPSA) is 63.4 Å². The first-order valence-electron chi connectivity index (χ1n) is 9.34. The Kier molecular flexibility index (Phi) is 4.88. The summed E-state index contributed by atoms with van der Waals surface area (Å²) in [6.45, 7) is 6.04. The van der Waals surface area contributed by atoms with Crippen LogP contribution in [0.15, 0.2) is 28.8 Å². The van der Waals surface area contributed by atoms with E-state index in [2.05, 4.69) is 39.4 Å². The Morgan fingerprint density at radius 1 is 1.24 bits per heavy atom. The van der Waals surface area contributed by atoms with Crippen LogP contribution in [-0.2, 0) is 6.61 Å². The van der Waals surface area contributed by atoms with Gasteiger partial charge in [-0.05, 0) is 63.0 Å². The number of ether oxygens (including phenoxy) is 1. The average molecular weight is 342 g/mol. The van der Waals surface area contributed by atoms with Gasteiger partial charge in [0.25, 0.3) is 0 Å². The second kappa shape index (κ2) is 7.44. The zero-order chi connectivity index (χ0) is 17.1. The first-order valence-corrected chi connectivity index (χ1v) is 9.34. The molecule has 1 N–H and O–H groups in total. The molecular weight excluding hydrogens is 316 g/mol. The monoisotopic (exact) mass is 342 g/mol. The van der Waals surface area contributed by atoms with E-state index in [1.807, 2.05) is 12.1 Å². The van der Waals surface area contributed by atoms with Crippen LogP contribution in [-0.4, -0.2) is 40.7 Å². The Labute approximate surface area is 148 Å². The van der Waals surface area contributed by atoms with Crippen LogP contribution in [0.25, 0.3) is 0 Å². The Bertz CT molecular complexity index is 681. The van der Waals surface area contributed by atoms with Gasteiger partial charge >= 0.3 is 0 Å². The standard InChI is InChI=1S/C19H26N4O2/c1-2-23-11-3-4-16(12-23)20-15-7-9-17(10-8-15)24-13-18-21-19(25-22-18)14-5-6-14/h7-10,14,16,20H,2-6,11-13H2,1H3. The van der Waals surface area contributed by atoms with Crippen molar-refractivity contribution >= 4 is 5.69 Å². The molecule has 1 aromatic heterocycles. The maximum atomic E-state index is 5.76. The molecule has 1 aromatic carbocycles. The lowest BCUT2D eigenvalue weighted by Gasteiger charge is -2.32. The van der Waals surface area contributed by atoms with Gasteiger partial charge in [-0.1, -0.05) is 12.1 Å². The van der Waals surface area contributed by atoms with Crippen molar-refractivity contribution in [2.24, 2.45) is 0 Å².